The first-order valence-electron chi connectivity index (χ1n) is 8.89. The molecule has 0 unspecified atom stereocenters. The van der Waals surface area contributed by atoms with E-state index in [1.807, 2.05) is 35.8 Å². The topological polar surface area (TPSA) is 60.7 Å². The molecule has 0 saturated carbocycles. The number of amides is 1. The first kappa shape index (κ1) is 19.6. The number of esters is 1. The summed E-state index contributed by atoms with van der Waals surface area (Å²) in [5.74, 6) is 1.97. The zero-order chi connectivity index (χ0) is 20.1. The fourth-order valence-electron chi connectivity index (χ4n) is 2.77. The van der Waals surface area contributed by atoms with Crippen molar-refractivity contribution in [2.24, 2.45) is 4.99 Å². The van der Waals surface area contributed by atoms with Gasteiger partial charge in [-0.3, -0.25) is 4.79 Å². The monoisotopic (exact) mass is 392 g/mol. The minimum atomic E-state index is -0.379. The molecule has 28 heavy (non-hydrogen) atoms. The molecular formula is C22H20N2O3S. The minimum Gasteiger partial charge on any atom is -0.462 e. The van der Waals surface area contributed by atoms with Gasteiger partial charge in [0.2, 0.25) is 0 Å². The summed E-state index contributed by atoms with van der Waals surface area (Å²) in [4.78, 5) is 29.2. The number of benzene rings is 2. The second kappa shape index (κ2) is 8.68. The summed E-state index contributed by atoms with van der Waals surface area (Å²) in [6.07, 6.45) is 5.72. The van der Waals surface area contributed by atoms with Gasteiger partial charge in [-0.25, -0.2) is 4.79 Å². The van der Waals surface area contributed by atoms with Crippen LogP contribution in [-0.4, -0.2) is 23.1 Å². The van der Waals surface area contributed by atoms with Gasteiger partial charge < -0.3 is 9.30 Å². The van der Waals surface area contributed by atoms with Gasteiger partial charge in [-0.2, -0.15) is 4.99 Å². The molecule has 0 atom stereocenters. The number of ether oxygens (including phenoxy) is 1. The van der Waals surface area contributed by atoms with Crippen LogP contribution >= 0.6 is 11.3 Å². The van der Waals surface area contributed by atoms with Crippen LogP contribution in [-0.2, 0) is 22.5 Å². The van der Waals surface area contributed by atoms with Crippen molar-refractivity contribution in [1.29, 1.82) is 0 Å². The highest BCUT2D eigenvalue weighted by atomic mass is 32.1. The lowest BCUT2D eigenvalue weighted by Crippen LogP contribution is -2.17. The maximum Gasteiger partial charge on any atom is 0.338 e. The predicted octanol–water partition coefficient (Wildman–Crippen LogP) is 3.49. The Morgan fingerprint density at radius 1 is 1.21 bits per heavy atom. The quantitative estimate of drug-likeness (QED) is 0.493. The summed E-state index contributed by atoms with van der Waals surface area (Å²) in [6, 6.07) is 13.0. The predicted molar refractivity (Wildman–Crippen MR) is 110 cm³/mol. The minimum absolute atomic E-state index is 0.221. The molecule has 1 amide bonds. The molecule has 1 heterocycles. The Morgan fingerprint density at radius 3 is 2.64 bits per heavy atom. The Morgan fingerprint density at radius 2 is 1.96 bits per heavy atom. The van der Waals surface area contributed by atoms with Crippen molar-refractivity contribution < 1.29 is 14.3 Å². The van der Waals surface area contributed by atoms with Gasteiger partial charge in [0.05, 0.1) is 35.4 Å². The molecule has 1 aromatic heterocycles. The van der Waals surface area contributed by atoms with Crippen LogP contribution in [0, 0.1) is 19.3 Å². The van der Waals surface area contributed by atoms with Crippen molar-refractivity contribution in [2.45, 2.75) is 26.8 Å². The lowest BCUT2D eigenvalue weighted by atomic mass is 10.1. The largest absolute Gasteiger partial charge is 0.462 e. The van der Waals surface area contributed by atoms with Crippen molar-refractivity contribution in [1.82, 2.24) is 4.57 Å². The zero-order valence-electron chi connectivity index (χ0n) is 15.8. The second-order valence-electron chi connectivity index (χ2n) is 6.25. The number of terminal acetylenes is 1. The number of thiazole rings is 1. The van der Waals surface area contributed by atoms with Gasteiger partial charge in [0.25, 0.3) is 5.91 Å². The molecule has 0 saturated heterocycles. The van der Waals surface area contributed by atoms with E-state index < -0.39 is 0 Å². The number of aromatic nitrogens is 1. The Bertz CT molecular complexity index is 1130. The number of hydrogen-bond acceptors (Lipinski definition) is 4. The van der Waals surface area contributed by atoms with Crippen molar-refractivity contribution in [3.8, 4) is 12.3 Å². The molecule has 0 aliphatic carbocycles. The highest BCUT2D eigenvalue weighted by molar-refractivity contribution is 7.16. The van der Waals surface area contributed by atoms with Crippen LogP contribution < -0.4 is 4.80 Å². The highest BCUT2D eigenvalue weighted by Crippen LogP contribution is 2.20. The standard InChI is InChI=1S/C22H20N2O3S/c1-4-12-24-18-11-10-17(21(26)27-5-2)14-19(18)28-22(24)23-20(25)13-16-8-6-15(3)7-9-16/h1,6-11,14H,5,12-13H2,2-3H3. The first-order valence-corrected chi connectivity index (χ1v) is 9.70. The van der Waals surface area contributed by atoms with Gasteiger partial charge in [-0.05, 0) is 37.6 Å². The van der Waals surface area contributed by atoms with Crippen LogP contribution in [0.15, 0.2) is 47.5 Å². The lowest BCUT2D eigenvalue weighted by Gasteiger charge is -2.03. The molecule has 0 spiro atoms. The van der Waals surface area contributed by atoms with E-state index in [4.69, 9.17) is 11.2 Å². The van der Waals surface area contributed by atoms with Gasteiger partial charge in [0.1, 0.15) is 0 Å². The third-order valence-corrected chi connectivity index (χ3v) is 5.18. The lowest BCUT2D eigenvalue weighted by molar-refractivity contribution is -0.117. The molecular weight excluding hydrogens is 372 g/mol. The van der Waals surface area contributed by atoms with Gasteiger partial charge in [0, 0.05) is 0 Å². The molecule has 2 aromatic carbocycles. The molecule has 6 heteroatoms. The van der Waals surface area contributed by atoms with E-state index in [-0.39, 0.29) is 24.8 Å². The number of nitrogens with zero attached hydrogens (tertiary/aromatic N) is 2. The van der Waals surface area contributed by atoms with Gasteiger partial charge in [-0.1, -0.05) is 47.1 Å². The summed E-state index contributed by atoms with van der Waals surface area (Å²) < 4.78 is 7.68. The molecule has 0 radical (unpaired) electrons. The molecule has 142 valence electrons. The Hall–Kier alpha value is -3.17. The number of aryl methyl sites for hydroxylation is 1. The van der Waals surface area contributed by atoms with E-state index in [9.17, 15) is 9.59 Å². The molecule has 3 aromatic rings. The van der Waals surface area contributed by atoms with E-state index in [0.29, 0.717) is 17.0 Å². The highest BCUT2D eigenvalue weighted by Gasteiger charge is 2.12. The van der Waals surface area contributed by atoms with E-state index in [0.717, 1.165) is 21.3 Å². The van der Waals surface area contributed by atoms with Gasteiger partial charge >= 0.3 is 5.97 Å². The first-order chi connectivity index (χ1) is 13.5. The molecule has 0 fully saturated rings. The Balaban J connectivity index is 1.98. The number of rotatable bonds is 5. The Labute approximate surface area is 167 Å². The fraction of sp³-hybridized carbons (Fsp3) is 0.227. The number of fused-ring (bicyclic) bond motifs is 1. The molecule has 0 N–H and O–H groups in total. The van der Waals surface area contributed by atoms with Crippen LogP contribution in [0.4, 0.5) is 0 Å². The van der Waals surface area contributed by atoms with Gasteiger partial charge in [0.15, 0.2) is 4.80 Å². The number of carbonyl (C=O) groups is 2. The summed E-state index contributed by atoms with van der Waals surface area (Å²) in [5.41, 5.74) is 3.34. The zero-order valence-corrected chi connectivity index (χ0v) is 16.6. The third-order valence-electron chi connectivity index (χ3n) is 4.14. The SMILES string of the molecule is C#CCn1c(=NC(=O)Cc2ccc(C)cc2)sc2cc(C(=O)OCC)ccc21. The van der Waals surface area contributed by atoms with Gasteiger partial charge in [-0.15, -0.1) is 6.42 Å². The van der Waals surface area contributed by atoms with Crippen LogP contribution in [0.1, 0.15) is 28.4 Å². The molecule has 0 aliphatic rings. The summed E-state index contributed by atoms with van der Waals surface area (Å²) in [6.45, 7) is 4.36. The average Bonchev–Trinajstić information content (AvgIpc) is 3.00. The molecule has 0 aliphatic heterocycles. The van der Waals surface area contributed by atoms with Crippen molar-refractivity contribution in [3.63, 3.8) is 0 Å². The van der Waals surface area contributed by atoms with Crippen LogP contribution in [0.5, 0.6) is 0 Å². The summed E-state index contributed by atoms with van der Waals surface area (Å²) in [7, 11) is 0. The fourth-order valence-corrected chi connectivity index (χ4v) is 3.86. The number of hydrogen-bond donors (Lipinski definition) is 0. The van der Waals surface area contributed by atoms with Crippen molar-refractivity contribution in [3.05, 3.63) is 64.0 Å². The Kier molecular flexibility index (Phi) is 6.07. The smallest absolute Gasteiger partial charge is 0.338 e. The van der Waals surface area contributed by atoms with E-state index in [1.54, 1.807) is 25.1 Å². The average molecular weight is 392 g/mol. The maximum atomic E-state index is 12.5. The molecule has 5 nitrogen and oxygen atoms in total. The number of carbonyl (C=O) groups excluding carboxylic acids is 2. The third kappa shape index (κ3) is 4.38. The summed E-state index contributed by atoms with van der Waals surface area (Å²) in [5, 5.41) is 0. The van der Waals surface area contributed by atoms with Crippen molar-refractivity contribution in [2.75, 3.05) is 6.61 Å². The maximum absolute atomic E-state index is 12.5. The normalized spacial score (nSPS) is 11.4. The van der Waals surface area contributed by atoms with E-state index in [2.05, 4.69) is 10.9 Å². The van der Waals surface area contributed by atoms with Crippen molar-refractivity contribution >= 4 is 33.4 Å². The second-order valence-corrected chi connectivity index (χ2v) is 7.25. The summed E-state index contributed by atoms with van der Waals surface area (Å²) >= 11 is 1.33. The van der Waals surface area contributed by atoms with E-state index in [1.165, 1.54) is 11.3 Å². The van der Waals surface area contributed by atoms with Crippen LogP contribution in [0.3, 0.4) is 0 Å². The molecule has 3 rings (SSSR count). The molecule has 0 bridgehead atoms. The van der Waals surface area contributed by atoms with Crippen LogP contribution in [0.2, 0.25) is 0 Å². The van der Waals surface area contributed by atoms with E-state index >= 15 is 0 Å². The van der Waals surface area contributed by atoms with Crippen LogP contribution in [0.25, 0.3) is 10.2 Å².